The molecule has 1 amide bonds. The highest BCUT2D eigenvalue weighted by Crippen LogP contribution is 2.31. The van der Waals surface area contributed by atoms with Gasteiger partial charge in [0.2, 0.25) is 0 Å². The van der Waals surface area contributed by atoms with Crippen molar-refractivity contribution in [3.63, 3.8) is 0 Å². The zero-order chi connectivity index (χ0) is 16.8. The Labute approximate surface area is 131 Å². The summed E-state index contributed by atoms with van der Waals surface area (Å²) in [5.41, 5.74) is -0.644. The molecule has 0 spiro atoms. The number of carbonyl (C=O) groups excluding carboxylic acids is 3. The molecule has 0 radical (unpaired) electrons. The fourth-order valence-electron chi connectivity index (χ4n) is 2.78. The summed E-state index contributed by atoms with van der Waals surface area (Å²) in [5.74, 6) is -0.656. The number of alkyl carbamates (subject to hydrolysis) is 1. The first-order valence-electron chi connectivity index (χ1n) is 7.93. The van der Waals surface area contributed by atoms with Gasteiger partial charge in [-0.05, 0) is 32.6 Å². The number of carbonyl (C=O) groups is 3. The van der Waals surface area contributed by atoms with Crippen LogP contribution in [-0.4, -0.2) is 36.1 Å². The highest BCUT2D eigenvalue weighted by Gasteiger charge is 2.36. The highest BCUT2D eigenvalue weighted by atomic mass is 16.6. The van der Waals surface area contributed by atoms with Crippen molar-refractivity contribution in [3.8, 4) is 0 Å². The van der Waals surface area contributed by atoms with Crippen LogP contribution in [0.4, 0.5) is 4.79 Å². The Morgan fingerprint density at radius 1 is 1.09 bits per heavy atom. The van der Waals surface area contributed by atoms with Crippen LogP contribution >= 0.6 is 0 Å². The van der Waals surface area contributed by atoms with E-state index in [9.17, 15) is 14.4 Å². The quantitative estimate of drug-likeness (QED) is 0.762. The molecule has 1 atom stereocenters. The topological polar surface area (TPSA) is 81.7 Å². The van der Waals surface area contributed by atoms with Gasteiger partial charge in [-0.2, -0.15) is 0 Å². The maximum absolute atomic E-state index is 11.8. The van der Waals surface area contributed by atoms with Crippen molar-refractivity contribution in [2.75, 3.05) is 6.54 Å². The molecular weight excluding hydrogens is 286 g/mol. The maximum Gasteiger partial charge on any atom is 0.407 e. The second-order valence-electron chi connectivity index (χ2n) is 6.30. The van der Waals surface area contributed by atoms with Gasteiger partial charge in [-0.25, -0.2) is 4.79 Å². The number of hydrogen-bond donors (Lipinski definition) is 1. The van der Waals surface area contributed by atoms with Crippen molar-refractivity contribution in [1.29, 1.82) is 0 Å². The molecule has 1 fully saturated rings. The molecule has 0 bridgehead atoms. The van der Waals surface area contributed by atoms with E-state index < -0.39 is 17.8 Å². The molecule has 0 aliphatic heterocycles. The SMILES string of the molecule is CC(=O)OC1(CNC(=O)O[C@H](C)C(=O)C(C)C)CCCCC1. The van der Waals surface area contributed by atoms with E-state index in [0.717, 1.165) is 32.1 Å². The van der Waals surface area contributed by atoms with Crippen LogP contribution in [0.5, 0.6) is 0 Å². The Bertz CT molecular complexity index is 413. The van der Waals surface area contributed by atoms with Gasteiger partial charge >= 0.3 is 12.1 Å². The zero-order valence-electron chi connectivity index (χ0n) is 13.9. The van der Waals surface area contributed by atoms with E-state index in [1.54, 1.807) is 20.8 Å². The van der Waals surface area contributed by atoms with E-state index in [0.29, 0.717) is 0 Å². The average Bonchev–Trinajstić information content (AvgIpc) is 2.44. The summed E-state index contributed by atoms with van der Waals surface area (Å²) in [7, 11) is 0. The average molecular weight is 313 g/mol. The molecule has 0 aromatic carbocycles. The Morgan fingerprint density at radius 2 is 1.68 bits per heavy atom. The molecule has 1 aliphatic carbocycles. The fourth-order valence-corrected chi connectivity index (χ4v) is 2.78. The molecule has 0 saturated heterocycles. The largest absolute Gasteiger partial charge is 0.457 e. The van der Waals surface area contributed by atoms with Crippen molar-refractivity contribution < 1.29 is 23.9 Å². The third kappa shape index (κ3) is 5.66. The van der Waals surface area contributed by atoms with E-state index in [1.807, 2.05) is 0 Å². The van der Waals surface area contributed by atoms with Gasteiger partial charge < -0.3 is 14.8 Å². The molecule has 1 saturated carbocycles. The van der Waals surface area contributed by atoms with Gasteiger partial charge in [-0.3, -0.25) is 9.59 Å². The van der Waals surface area contributed by atoms with Crippen LogP contribution in [0.25, 0.3) is 0 Å². The lowest BCUT2D eigenvalue weighted by Gasteiger charge is -2.36. The molecule has 0 aromatic heterocycles. The molecule has 6 heteroatoms. The molecule has 1 aliphatic rings. The lowest BCUT2D eigenvalue weighted by Crippen LogP contribution is -2.48. The molecule has 1 rings (SSSR count). The summed E-state index contributed by atoms with van der Waals surface area (Å²) in [4.78, 5) is 34.8. The smallest absolute Gasteiger partial charge is 0.407 e. The summed E-state index contributed by atoms with van der Waals surface area (Å²) >= 11 is 0. The van der Waals surface area contributed by atoms with Crippen LogP contribution in [0.3, 0.4) is 0 Å². The zero-order valence-corrected chi connectivity index (χ0v) is 13.9. The third-order valence-corrected chi connectivity index (χ3v) is 3.93. The molecule has 22 heavy (non-hydrogen) atoms. The number of ether oxygens (including phenoxy) is 2. The van der Waals surface area contributed by atoms with Crippen molar-refractivity contribution in [1.82, 2.24) is 5.32 Å². The first-order chi connectivity index (χ1) is 10.3. The summed E-state index contributed by atoms with van der Waals surface area (Å²) in [6.45, 7) is 6.67. The normalized spacial score (nSPS) is 18.4. The van der Waals surface area contributed by atoms with E-state index >= 15 is 0 Å². The van der Waals surface area contributed by atoms with Crippen LogP contribution in [0.2, 0.25) is 0 Å². The van der Waals surface area contributed by atoms with E-state index in [2.05, 4.69) is 5.32 Å². The predicted octanol–water partition coefficient (Wildman–Crippen LogP) is 2.59. The van der Waals surface area contributed by atoms with Gasteiger partial charge in [-0.1, -0.05) is 20.3 Å². The number of esters is 1. The Hall–Kier alpha value is -1.59. The second-order valence-corrected chi connectivity index (χ2v) is 6.30. The van der Waals surface area contributed by atoms with Gasteiger partial charge in [0.05, 0.1) is 6.54 Å². The van der Waals surface area contributed by atoms with Crippen molar-refractivity contribution in [2.24, 2.45) is 5.92 Å². The molecule has 126 valence electrons. The molecule has 1 N–H and O–H groups in total. The number of amides is 1. The minimum absolute atomic E-state index is 0.123. The Balaban J connectivity index is 2.52. The fraction of sp³-hybridized carbons (Fsp3) is 0.812. The molecular formula is C16H27NO5. The van der Waals surface area contributed by atoms with Crippen LogP contribution in [0.15, 0.2) is 0 Å². The van der Waals surface area contributed by atoms with Crippen LogP contribution < -0.4 is 5.32 Å². The first kappa shape index (κ1) is 18.5. The van der Waals surface area contributed by atoms with Gasteiger partial charge in [0.1, 0.15) is 5.60 Å². The summed E-state index contributed by atoms with van der Waals surface area (Å²) in [6, 6.07) is 0. The van der Waals surface area contributed by atoms with Crippen molar-refractivity contribution >= 4 is 17.8 Å². The number of nitrogens with one attached hydrogen (secondary N) is 1. The number of rotatable bonds is 6. The van der Waals surface area contributed by atoms with Gasteiger partial charge in [0.25, 0.3) is 0 Å². The lowest BCUT2D eigenvalue weighted by atomic mass is 9.84. The summed E-state index contributed by atoms with van der Waals surface area (Å²) in [5, 5.41) is 2.63. The van der Waals surface area contributed by atoms with Gasteiger partial charge in [-0.15, -0.1) is 0 Å². The second kappa shape index (κ2) is 8.15. The van der Waals surface area contributed by atoms with E-state index in [1.165, 1.54) is 6.92 Å². The van der Waals surface area contributed by atoms with Gasteiger partial charge in [0, 0.05) is 12.8 Å². The maximum atomic E-state index is 11.8. The highest BCUT2D eigenvalue weighted by molar-refractivity contribution is 5.86. The molecule has 0 heterocycles. The predicted molar refractivity (Wildman–Crippen MR) is 81.4 cm³/mol. The van der Waals surface area contributed by atoms with Crippen molar-refractivity contribution in [3.05, 3.63) is 0 Å². The summed E-state index contributed by atoms with van der Waals surface area (Å²) < 4.78 is 10.5. The molecule has 0 unspecified atom stereocenters. The summed E-state index contributed by atoms with van der Waals surface area (Å²) in [6.07, 6.45) is 3.06. The number of hydrogen-bond acceptors (Lipinski definition) is 5. The minimum Gasteiger partial charge on any atom is -0.457 e. The van der Waals surface area contributed by atoms with E-state index in [4.69, 9.17) is 9.47 Å². The van der Waals surface area contributed by atoms with Crippen LogP contribution in [-0.2, 0) is 19.1 Å². The molecule has 6 nitrogen and oxygen atoms in total. The van der Waals surface area contributed by atoms with Crippen LogP contribution in [0.1, 0.15) is 59.8 Å². The molecule has 0 aromatic rings. The third-order valence-electron chi connectivity index (χ3n) is 3.93. The lowest BCUT2D eigenvalue weighted by molar-refractivity contribution is -0.160. The van der Waals surface area contributed by atoms with Gasteiger partial charge in [0.15, 0.2) is 11.9 Å². The number of Topliss-reactive ketones (excluding diaryl/α,β-unsaturated/α-hetero) is 1. The standard InChI is InChI=1S/C16H27NO5/c1-11(2)14(19)12(3)21-15(20)17-10-16(22-13(4)18)8-6-5-7-9-16/h11-12H,5-10H2,1-4H3,(H,17,20)/t12-/m1/s1. The Morgan fingerprint density at radius 3 is 2.18 bits per heavy atom. The first-order valence-corrected chi connectivity index (χ1v) is 7.93. The number of ketones is 1. The monoisotopic (exact) mass is 313 g/mol. The minimum atomic E-state index is -0.781. The Kier molecular flexibility index (Phi) is 6.84. The van der Waals surface area contributed by atoms with Crippen molar-refractivity contribution in [2.45, 2.75) is 71.5 Å². The van der Waals surface area contributed by atoms with E-state index in [-0.39, 0.29) is 24.2 Å². The van der Waals surface area contributed by atoms with Crippen LogP contribution in [0, 0.1) is 5.92 Å².